The molecule has 0 aliphatic rings. The molecule has 0 spiro atoms. The van der Waals surface area contributed by atoms with Crippen LogP contribution in [0.15, 0.2) is 16.0 Å². The average Bonchev–Trinajstić information content (AvgIpc) is 2.28. The number of aryl methyl sites for hydroxylation is 1. The van der Waals surface area contributed by atoms with Crippen LogP contribution >= 0.6 is 11.8 Å². The lowest BCUT2D eigenvalue weighted by atomic mass is 10.2. The number of aliphatic hydroxyl groups excluding tert-OH is 1. The van der Waals surface area contributed by atoms with Crippen molar-refractivity contribution in [1.29, 1.82) is 0 Å². The van der Waals surface area contributed by atoms with Gasteiger partial charge in [-0.3, -0.25) is 4.79 Å². The monoisotopic (exact) mass is 256 g/mol. The van der Waals surface area contributed by atoms with Crippen LogP contribution in [0.2, 0.25) is 0 Å². The zero-order valence-electron chi connectivity index (χ0n) is 10.2. The Morgan fingerprint density at radius 1 is 1.41 bits per heavy atom. The minimum absolute atomic E-state index is 0.0682. The van der Waals surface area contributed by atoms with Gasteiger partial charge in [0.05, 0.1) is 0 Å². The third kappa shape index (κ3) is 5.89. The second kappa shape index (κ2) is 8.31. The lowest BCUT2D eigenvalue weighted by Crippen LogP contribution is -2.10. The van der Waals surface area contributed by atoms with Crippen LogP contribution in [0.1, 0.15) is 38.3 Å². The summed E-state index contributed by atoms with van der Waals surface area (Å²) in [5, 5.41) is 9.36. The fraction of sp³-hybridized carbons (Fsp3) is 0.667. The van der Waals surface area contributed by atoms with Gasteiger partial charge in [-0.1, -0.05) is 31.5 Å². The molecular formula is C12H20N2O2S. The minimum atomic E-state index is -0.0682. The summed E-state index contributed by atoms with van der Waals surface area (Å²) < 4.78 is 0. The molecule has 1 heterocycles. The summed E-state index contributed by atoms with van der Waals surface area (Å²) in [5.74, 6) is 0.929. The van der Waals surface area contributed by atoms with E-state index >= 15 is 0 Å². The summed E-state index contributed by atoms with van der Waals surface area (Å²) in [6.45, 7) is 2.33. The van der Waals surface area contributed by atoms with Crippen LogP contribution in [-0.4, -0.2) is 27.4 Å². The molecule has 0 fully saturated rings. The van der Waals surface area contributed by atoms with Gasteiger partial charge in [-0.25, -0.2) is 4.98 Å². The number of aliphatic hydroxyl groups is 1. The first-order valence-corrected chi connectivity index (χ1v) is 7.08. The highest BCUT2D eigenvalue weighted by molar-refractivity contribution is 7.99. The normalized spacial score (nSPS) is 10.7. The van der Waals surface area contributed by atoms with Crippen LogP contribution in [0.25, 0.3) is 0 Å². The number of H-pyrrole nitrogens is 1. The molecule has 96 valence electrons. The van der Waals surface area contributed by atoms with Gasteiger partial charge in [-0.15, -0.1) is 0 Å². The lowest BCUT2D eigenvalue weighted by molar-refractivity contribution is 0.284. The molecule has 1 aromatic rings. The van der Waals surface area contributed by atoms with Gasteiger partial charge in [0.25, 0.3) is 5.56 Å². The zero-order chi connectivity index (χ0) is 12.5. The van der Waals surface area contributed by atoms with Gasteiger partial charge in [0.15, 0.2) is 5.16 Å². The number of hydrogen-bond donors (Lipinski definition) is 2. The predicted octanol–water partition coefficient (Wildman–Crippen LogP) is 1.98. The van der Waals surface area contributed by atoms with Crippen molar-refractivity contribution in [3.8, 4) is 0 Å². The van der Waals surface area contributed by atoms with Gasteiger partial charge >= 0.3 is 0 Å². The molecule has 4 nitrogen and oxygen atoms in total. The number of hydrogen-bond acceptors (Lipinski definition) is 4. The van der Waals surface area contributed by atoms with Gasteiger partial charge in [-0.2, -0.15) is 0 Å². The molecule has 5 heteroatoms. The molecule has 0 atom stereocenters. The Labute approximate surface area is 106 Å². The van der Waals surface area contributed by atoms with Crippen molar-refractivity contribution in [3.63, 3.8) is 0 Å². The second-order valence-corrected chi connectivity index (χ2v) is 5.01. The highest BCUT2D eigenvalue weighted by atomic mass is 32.2. The Kier molecular flexibility index (Phi) is 6.96. The molecule has 0 saturated carbocycles. The molecule has 17 heavy (non-hydrogen) atoms. The first-order valence-electron chi connectivity index (χ1n) is 6.10. The smallest absolute Gasteiger partial charge is 0.251 e. The zero-order valence-corrected chi connectivity index (χ0v) is 11.1. The summed E-state index contributed by atoms with van der Waals surface area (Å²) in [7, 11) is 0. The number of nitrogens with zero attached hydrogens (tertiary/aromatic N) is 1. The van der Waals surface area contributed by atoms with Gasteiger partial charge in [0.2, 0.25) is 0 Å². The van der Waals surface area contributed by atoms with Crippen molar-refractivity contribution < 1.29 is 5.11 Å². The summed E-state index contributed by atoms with van der Waals surface area (Å²) in [6.07, 6.45) is 4.74. The summed E-state index contributed by atoms with van der Waals surface area (Å²) in [4.78, 5) is 18.5. The van der Waals surface area contributed by atoms with Crippen molar-refractivity contribution in [2.45, 2.75) is 44.2 Å². The van der Waals surface area contributed by atoms with Crippen LogP contribution in [0.3, 0.4) is 0 Å². The molecule has 1 aromatic heterocycles. The first-order chi connectivity index (χ1) is 8.26. The average molecular weight is 256 g/mol. The second-order valence-electron chi connectivity index (χ2n) is 3.92. The van der Waals surface area contributed by atoms with Gasteiger partial charge in [0, 0.05) is 24.1 Å². The van der Waals surface area contributed by atoms with E-state index in [1.807, 2.05) is 0 Å². The van der Waals surface area contributed by atoms with E-state index < -0.39 is 0 Å². The minimum Gasteiger partial charge on any atom is -0.396 e. The van der Waals surface area contributed by atoms with Gasteiger partial charge < -0.3 is 10.1 Å². The van der Waals surface area contributed by atoms with E-state index in [0.717, 1.165) is 43.6 Å². The fourth-order valence-electron chi connectivity index (χ4n) is 1.50. The van der Waals surface area contributed by atoms with E-state index in [-0.39, 0.29) is 12.2 Å². The molecule has 0 unspecified atom stereocenters. The van der Waals surface area contributed by atoms with Crippen molar-refractivity contribution in [3.05, 3.63) is 22.1 Å². The Hall–Kier alpha value is -0.810. The number of nitrogens with one attached hydrogen (secondary N) is 1. The fourth-order valence-corrected chi connectivity index (χ4v) is 2.39. The van der Waals surface area contributed by atoms with Crippen molar-refractivity contribution in [2.24, 2.45) is 0 Å². The molecule has 0 amide bonds. The largest absolute Gasteiger partial charge is 0.396 e. The van der Waals surface area contributed by atoms with Crippen molar-refractivity contribution in [1.82, 2.24) is 9.97 Å². The Morgan fingerprint density at radius 2 is 2.24 bits per heavy atom. The molecular weight excluding hydrogens is 236 g/mol. The van der Waals surface area contributed by atoms with Gasteiger partial charge in [0.1, 0.15) is 0 Å². The van der Waals surface area contributed by atoms with E-state index in [2.05, 4.69) is 16.9 Å². The molecule has 0 aromatic carbocycles. The maximum absolute atomic E-state index is 11.4. The van der Waals surface area contributed by atoms with E-state index in [1.165, 1.54) is 0 Å². The molecule has 0 aliphatic heterocycles. The Morgan fingerprint density at radius 3 is 2.94 bits per heavy atom. The lowest BCUT2D eigenvalue weighted by Gasteiger charge is -2.03. The summed E-state index contributed by atoms with van der Waals surface area (Å²) in [6, 6.07) is 1.57. The van der Waals surface area contributed by atoms with E-state index in [1.54, 1.807) is 17.8 Å². The number of aromatic nitrogens is 2. The molecule has 0 radical (unpaired) electrons. The number of thioether (sulfide) groups is 1. The highest BCUT2D eigenvalue weighted by Crippen LogP contribution is 2.14. The third-order valence-electron chi connectivity index (χ3n) is 2.32. The quantitative estimate of drug-likeness (QED) is 0.424. The molecule has 0 bridgehead atoms. The predicted molar refractivity (Wildman–Crippen MR) is 70.5 cm³/mol. The topological polar surface area (TPSA) is 66.0 Å². The molecule has 1 rings (SSSR count). The molecule has 2 N–H and O–H groups in total. The van der Waals surface area contributed by atoms with Crippen molar-refractivity contribution >= 4 is 11.8 Å². The van der Waals surface area contributed by atoms with Crippen LogP contribution in [0, 0.1) is 0 Å². The van der Waals surface area contributed by atoms with Crippen LogP contribution in [0.4, 0.5) is 0 Å². The summed E-state index contributed by atoms with van der Waals surface area (Å²) in [5.41, 5.74) is 0.801. The number of aromatic amines is 1. The third-order valence-corrected chi connectivity index (χ3v) is 3.28. The maximum Gasteiger partial charge on any atom is 0.251 e. The number of unbranched alkanes of at least 4 members (excludes halogenated alkanes) is 2. The number of rotatable bonds is 8. The molecule has 0 aliphatic carbocycles. The van der Waals surface area contributed by atoms with E-state index in [0.29, 0.717) is 5.16 Å². The SMILES string of the molecule is CCCc1cc(=O)[nH]c(SCCCCCO)n1. The van der Waals surface area contributed by atoms with Crippen molar-refractivity contribution in [2.75, 3.05) is 12.4 Å². The van der Waals surface area contributed by atoms with Crippen LogP contribution < -0.4 is 5.56 Å². The Bertz CT molecular complexity index is 379. The van der Waals surface area contributed by atoms with E-state index in [4.69, 9.17) is 5.11 Å². The van der Waals surface area contributed by atoms with Crippen LogP contribution in [0.5, 0.6) is 0 Å². The Balaban J connectivity index is 2.44. The van der Waals surface area contributed by atoms with E-state index in [9.17, 15) is 4.79 Å². The first kappa shape index (κ1) is 14.3. The standard InChI is InChI=1S/C12H20N2O2S/c1-2-6-10-9-11(16)14-12(13-10)17-8-5-3-4-7-15/h9,15H,2-8H2,1H3,(H,13,14,16). The maximum atomic E-state index is 11.4. The highest BCUT2D eigenvalue weighted by Gasteiger charge is 2.01. The van der Waals surface area contributed by atoms with Gasteiger partial charge in [-0.05, 0) is 19.3 Å². The summed E-state index contributed by atoms with van der Waals surface area (Å²) >= 11 is 1.58. The van der Waals surface area contributed by atoms with Crippen LogP contribution in [-0.2, 0) is 6.42 Å². The molecule has 0 saturated heterocycles.